The highest BCUT2D eigenvalue weighted by Gasteiger charge is 2.07. The quantitative estimate of drug-likeness (QED) is 0.204. The Morgan fingerprint density at radius 1 is 1.44 bits per heavy atom. The van der Waals surface area contributed by atoms with Crippen molar-refractivity contribution in [2.24, 2.45) is 10.8 Å². The van der Waals surface area contributed by atoms with Crippen LogP contribution in [0.1, 0.15) is 20.8 Å². The van der Waals surface area contributed by atoms with Crippen molar-refractivity contribution in [3.8, 4) is 0 Å². The summed E-state index contributed by atoms with van der Waals surface area (Å²) in [5.41, 5.74) is 2.38. The van der Waals surface area contributed by atoms with Crippen LogP contribution in [0.4, 0.5) is 0 Å². The zero-order chi connectivity index (χ0) is 12.6. The fourth-order valence-electron chi connectivity index (χ4n) is 0.976. The van der Waals surface area contributed by atoms with Crippen LogP contribution in [-0.4, -0.2) is 39.3 Å². The van der Waals surface area contributed by atoms with Gasteiger partial charge in [0.15, 0.2) is 0 Å². The van der Waals surface area contributed by atoms with Gasteiger partial charge in [0, 0.05) is 12.6 Å². The van der Waals surface area contributed by atoms with Crippen LogP contribution in [0.2, 0.25) is 0 Å². The van der Waals surface area contributed by atoms with E-state index in [1.807, 2.05) is 13.8 Å². The van der Waals surface area contributed by atoms with Crippen LogP contribution in [0.3, 0.4) is 0 Å². The number of rotatable bonds is 6. The molecule has 0 spiro atoms. The Morgan fingerprint density at radius 3 is 2.50 bits per heavy atom. The summed E-state index contributed by atoms with van der Waals surface area (Å²) in [6.07, 6.45) is 0. The number of hydrazine groups is 1. The summed E-state index contributed by atoms with van der Waals surface area (Å²) in [4.78, 5) is 4.00. The summed E-state index contributed by atoms with van der Waals surface area (Å²) < 4.78 is 24.9. The number of sulfonamides is 1. The first kappa shape index (κ1) is 15.1. The molecule has 0 aliphatic carbocycles. The van der Waals surface area contributed by atoms with Crippen molar-refractivity contribution < 1.29 is 8.42 Å². The second-order valence-corrected chi connectivity index (χ2v) is 5.42. The molecule has 0 unspecified atom stereocenters. The van der Waals surface area contributed by atoms with Gasteiger partial charge in [-0.2, -0.15) is 0 Å². The normalized spacial score (nSPS) is 12.9. The van der Waals surface area contributed by atoms with Crippen molar-refractivity contribution in [2.45, 2.75) is 26.8 Å². The highest BCUT2D eigenvalue weighted by Crippen LogP contribution is 1.85. The molecule has 96 valence electrons. The van der Waals surface area contributed by atoms with Crippen molar-refractivity contribution in [1.29, 1.82) is 0 Å². The van der Waals surface area contributed by atoms with E-state index < -0.39 is 10.0 Å². The molecule has 0 aromatic carbocycles. The Kier molecular flexibility index (Phi) is 7.02. The molecule has 0 saturated carbocycles. The second kappa shape index (κ2) is 7.42. The number of nitrogens with zero attached hydrogens (tertiary/aromatic N) is 1. The van der Waals surface area contributed by atoms with Crippen LogP contribution in [0.15, 0.2) is 4.99 Å². The summed E-state index contributed by atoms with van der Waals surface area (Å²) in [6.45, 7) is 6.14. The highest BCUT2D eigenvalue weighted by molar-refractivity contribution is 7.89. The first-order valence-electron chi connectivity index (χ1n) is 5.16. The average Bonchev–Trinajstić information content (AvgIpc) is 2.15. The van der Waals surface area contributed by atoms with E-state index in [2.05, 4.69) is 20.5 Å². The van der Waals surface area contributed by atoms with Gasteiger partial charge in [-0.3, -0.25) is 10.4 Å². The molecule has 0 aromatic heterocycles. The van der Waals surface area contributed by atoms with E-state index in [1.54, 1.807) is 6.92 Å². The van der Waals surface area contributed by atoms with E-state index in [0.29, 0.717) is 12.5 Å². The second-order valence-electron chi connectivity index (χ2n) is 3.49. The number of hydrogen-bond acceptors (Lipinski definition) is 4. The Bertz CT molecular complexity index is 312. The largest absolute Gasteiger partial charge is 0.353 e. The standard InChI is InChI=1S/C8H21N5O2S/c1-4-11-16(14,15)6-5-10-8(13-9)12-7(2)3/h7,11H,4-6,9H2,1-3H3,(H2,10,12,13). The zero-order valence-corrected chi connectivity index (χ0v) is 10.8. The number of nitrogens with two attached hydrogens (primary N) is 1. The van der Waals surface area contributed by atoms with Gasteiger partial charge in [-0.15, -0.1) is 0 Å². The fraction of sp³-hybridized carbons (Fsp3) is 0.875. The molecule has 0 aromatic rings. The van der Waals surface area contributed by atoms with Gasteiger partial charge < -0.3 is 5.32 Å². The average molecular weight is 251 g/mol. The van der Waals surface area contributed by atoms with E-state index in [0.717, 1.165) is 0 Å². The predicted molar refractivity (Wildman–Crippen MR) is 65.4 cm³/mol. The van der Waals surface area contributed by atoms with Crippen molar-refractivity contribution in [3.63, 3.8) is 0 Å². The fourth-order valence-corrected chi connectivity index (χ4v) is 1.89. The van der Waals surface area contributed by atoms with Crippen LogP contribution >= 0.6 is 0 Å². The van der Waals surface area contributed by atoms with Gasteiger partial charge in [0.25, 0.3) is 0 Å². The van der Waals surface area contributed by atoms with Crippen LogP contribution in [0, 0.1) is 0 Å². The maximum absolute atomic E-state index is 11.3. The van der Waals surface area contributed by atoms with Crippen molar-refractivity contribution in [1.82, 2.24) is 15.5 Å². The SMILES string of the molecule is CCNS(=O)(=O)CCN=C(NN)NC(C)C. The molecular formula is C8H21N5O2S. The van der Waals surface area contributed by atoms with Gasteiger partial charge >= 0.3 is 0 Å². The summed E-state index contributed by atoms with van der Waals surface area (Å²) >= 11 is 0. The smallest absolute Gasteiger partial charge is 0.213 e. The number of aliphatic imine (C=N–C) groups is 1. The van der Waals surface area contributed by atoms with Crippen LogP contribution in [-0.2, 0) is 10.0 Å². The molecule has 0 atom stereocenters. The summed E-state index contributed by atoms with van der Waals surface area (Å²) in [5, 5.41) is 2.95. The van der Waals surface area contributed by atoms with E-state index in [-0.39, 0.29) is 18.3 Å². The van der Waals surface area contributed by atoms with Crippen molar-refractivity contribution in [2.75, 3.05) is 18.8 Å². The lowest BCUT2D eigenvalue weighted by Crippen LogP contribution is -2.44. The Morgan fingerprint density at radius 2 is 2.06 bits per heavy atom. The molecule has 0 bridgehead atoms. The lowest BCUT2D eigenvalue weighted by Gasteiger charge is -2.11. The van der Waals surface area contributed by atoms with Gasteiger partial charge in [0.1, 0.15) is 0 Å². The first-order chi connectivity index (χ1) is 7.41. The first-order valence-corrected chi connectivity index (χ1v) is 6.81. The summed E-state index contributed by atoms with van der Waals surface area (Å²) in [5.74, 6) is 5.56. The summed E-state index contributed by atoms with van der Waals surface area (Å²) in [6, 6.07) is 0.181. The molecule has 5 N–H and O–H groups in total. The van der Waals surface area contributed by atoms with Crippen LogP contribution < -0.4 is 21.3 Å². The van der Waals surface area contributed by atoms with Gasteiger partial charge in [-0.05, 0) is 13.8 Å². The highest BCUT2D eigenvalue weighted by atomic mass is 32.2. The van der Waals surface area contributed by atoms with E-state index in [4.69, 9.17) is 5.84 Å². The molecule has 0 fully saturated rings. The predicted octanol–water partition coefficient (Wildman–Crippen LogP) is -1.26. The lowest BCUT2D eigenvalue weighted by molar-refractivity contribution is 0.583. The molecule has 0 radical (unpaired) electrons. The minimum Gasteiger partial charge on any atom is -0.353 e. The molecule has 7 nitrogen and oxygen atoms in total. The molecular weight excluding hydrogens is 230 g/mol. The minimum atomic E-state index is -3.22. The molecule has 0 aliphatic heterocycles. The van der Waals surface area contributed by atoms with Crippen molar-refractivity contribution >= 4 is 16.0 Å². The molecule has 0 rings (SSSR count). The van der Waals surface area contributed by atoms with Crippen molar-refractivity contribution in [3.05, 3.63) is 0 Å². The van der Waals surface area contributed by atoms with Crippen LogP contribution in [0.25, 0.3) is 0 Å². The molecule has 0 aliphatic rings. The molecule has 0 amide bonds. The maximum Gasteiger partial charge on any atom is 0.213 e. The maximum atomic E-state index is 11.3. The Labute approximate surface area is 96.9 Å². The van der Waals surface area contributed by atoms with E-state index in [9.17, 15) is 8.42 Å². The third-order valence-corrected chi connectivity index (χ3v) is 3.00. The lowest BCUT2D eigenvalue weighted by atomic mass is 10.4. The Balaban J connectivity index is 4.15. The minimum absolute atomic E-state index is 0.0498. The Hall–Kier alpha value is -0.860. The van der Waals surface area contributed by atoms with Gasteiger partial charge in [-0.25, -0.2) is 19.0 Å². The number of hydrogen-bond donors (Lipinski definition) is 4. The molecule has 0 saturated heterocycles. The van der Waals surface area contributed by atoms with Gasteiger partial charge in [-0.1, -0.05) is 6.92 Å². The van der Waals surface area contributed by atoms with Gasteiger partial charge in [0.2, 0.25) is 16.0 Å². The third-order valence-electron chi connectivity index (χ3n) is 1.56. The monoisotopic (exact) mass is 251 g/mol. The van der Waals surface area contributed by atoms with E-state index >= 15 is 0 Å². The number of nitrogens with one attached hydrogen (secondary N) is 3. The summed E-state index contributed by atoms with van der Waals surface area (Å²) in [7, 11) is -3.22. The zero-order valence-electron chi connectivity index (χ0n) is 9.95. The molecule has 0 heterocycles. The van der Waals surface area contributed by atoms with Crippen LogP contribution in [0.5, 0.6) is 0 Å². The van der Waals surface area contributed by atoms with E-state index in [1.165, 1.54) is 0 Å². The topological polar surface area (TPSA) is 109 Å². The molecule has 8 heteroatoms. The third kappa shape index (κ3) is 7.43. The van der Waals surface area contributed by atoms with Gasteiger partial charge in [0.05, 0.1) is 12.3 Å². The number of guanidine groups is 1. The molecule has 16 heavy (non-hydrogen) atoms.